The van der Waals surface area contributed by atoms with Gasteiger partial charge in [-0.1, -0.05) is 68.4 Å². The van der Waals surface area contributed by atoms with Gasteiger partial charge in [-0.2, -0.15) is 0 Å². The molecule has 1 amide bonds. The number of carbonyl (C=O) groups is 2. The second-order valence-electron chi connectivity index (χ2n) is 5.87. The van der Waals surface area contributed by atoms with E-state index in [1.165, 1.54) is 6.08 Å². The summed E-state index contributed by atoms with van der Waals surface area (Å²) in [4.78, 5) is 23.2. The van der Waals surface area contributed by atoms with Crippen molar-refractivity contribution in [1.29, 1.82) is 0 Å². The van der Waals surface area contributed by atoms with Crippen molar-refractivity contribution in [3.8, 4) is 0 Å². The highest BCUT2D eigenvalue weighted by Crippen LogP contribution is 2.16. The van der Waals surface area contributed by atoms with E-state index >= 15 is 0 Å². The summed E-state index contributed by atoms with van der Waals surface area (Å²) in [6.07, 6.45) is 0.590. The number of aliphatic carboxylic acids is 1. The molecule has 5 heteroatoms. The van der Waals surface area contributed by atoms with Crippen LogP contribution >= 0.6 is 0 Å². The minimum Gasteiger partial charge on any atom is -0.477 e. The Morgan fingerprint density at radius 1 is 1.08 bits per heavy atom. The van der Waals surface area contributed by atoms with Crippen LogP contribution in [-0.2, 0) is 16.1 Å². The smallest absolute Gasteiger partial charge is 0.412 e. The highest BCUT2D eigenvalue weighted by Gasteiger charge is 2.13. The second kappa shape index (κ2) is 8.68. The molecular formula is C20H21NO4. The molecule has 2 rings (SSSR count). The number of carboxylic acids is 1. The number of carboxylic acid groups (broad SMARTS) is 1. The zero-order valence-corrected chi connectivity index (χ0v) is 14.2. The van der Waals surface area contributed by atoms with Crippen LogP contribution in [0, 0.1) is 0 Å². The molecule has 2 N–H and O–H groups in total. The molecule has 0 spiro atoms. The van der Waals surface area contributed by atoms with Crippen LogP contribution in [-0.4, -0.2) is 17.2 Å². The van der Waals surface area contributed by atoms with Gasteiger partial charge in [0.05, 0.1) is 0 Å². The van der Waals surface area contributed by atoms with Crippen LogP contribution in [0.3, 0.4) is 0 Å². The molecule has 0 radical (unpaired) electrons. The van der Waals surface area contributed by atoms with Crippen LogP contribution in [0.4, 0.5) is 4.79 Å². The van der Waals surface area contributed by atoms with Crippen molar-refractivity contribution in [1.82, 2.24) is 5.32 Å². The third kappa shape index (κ3) is 5.80. The third-order valence-electron chi connectivity index (χ3n) is 3.59. The predicted molar refractivity (Wildman–Crippen MR) is 95.9 cm³/mol. The summed E-state index contributed by atoms with van der Waals surface area (Å²) in [6, 6.07) is 16.7. The van der Waals surface area contributed by atoms with Gasteiger partial charge in [0.25, 0.3) is 0 Å². The lowest BCUT2D eigenvalue weighted by molar-refractivity contribution is -0.132. The Bertz CT molecular complexity index is 749. The van der Waals surface area contributed by atoms with Crippen molar-refractivity contribution in [2.75, 3.05) is 0 Å². The average molecular weight is 339 g/mol. The maximum Gasteiger partial charge on any atom is 0.412 e. The first-order chi connectivity index (χ1) is 12.0. The van der Waals surface area contributed by atoms with Crippen LogP contribution in [0.2, 0.25) is 0 Å². The molecule has 0 bridgehead atoms. The first-order valence-electron chi connectivity index (χ1n) is 7.98. The van der Waals surface area contributed by atoms with E-state index in [1.807, 2.05) is 54.6 Å². The van der Waals surface area contributed by atoms with E-state index in [0.29, 0.717) is 11.5 Å². The lowest BCUT2D eigenvalue weighted by atomic mass is 10.0. The van der Waals surface area contributed by atoms with Gasteiger partial charge in [-0.15, -0.1) is 0 Å². The number of nitrogens with one attached hydrogen (secondary N) is 1. The molecule has 0 unspecified atom stereocenters. The van der Waals surface area contributed by atoms with Crippen molar-refractivity contribution in [3.05, 3.63) is 77.0 Å². The number of benzene rings is 2. The van der Waals surface area contributed by atoms with Crippen molar-refractivity contribution in [3.63, 3.8) is 0 Å². The lowest BCUT2D eigenvalue weighted by Crippen LogP contribution is -2.27. The molecule has 0 aliphatic heterocycles. The van der Waals surface area contributed by atoms with E-state index in [0.717, 1.165) is 11.1 Å². The van der Waals surface area contributed by atoms with Gasteiger partial charge >= 0.3 is 12.1 Å². The van der Waals surface area contributed by atoms with Crippen molar-refractivity contribution in [2.45, 2.75) is 26.4 Å². The Morgan fingerprint density at radius 2 is 1.72 bits per heavy atom. The predicted octanol–water partition coefficient (Wildman–Crippen LogP) is 4.16. The van der Waals surface area contributed by atoms with Crippen molar-refractivity contribution >= 4 is 18.1 Å². The average Bonchev–Trinajstić information content (AvgIpc) is 2.60. The van der Waals surface area contributed by atoms with Crippen LogP contribution < -0.4 is 5.32 Å². The van der Waals surface area contributed by atoms with E-state index in [9.17, 15) is 14.7 Å². The van der Waals surface area contributed by atoms with Gasteiger partial charge in [-0.05, 0) is 28.7 Å². The summed E-state index contributed by atoms with van der Waals surface area (Å²) in [5.74, 6) is -0.840. The molecule has 0 saturated carbocycles. The monoisotopic (exact) mass is 339 g/mol. The second-order valence-corrected chi connectivity index (χ2v) is 5.87. The zero-order chi connectivity index (χ0) is 18.2. The molecule has 0 heterocycles. The number of rotatable bonds is 6. The first-order valence-corrected chi connectivity index (χ1v) is 7.98. The fourth-order valence-corrected chi connectivity index (χ4v) is 2.16. The molecule has 2 aromatic rings. The summed E-state index contributed by atoms with van der Waals surface area (Å²) in [5.41, 5.74) is 2.42. The highest BCUT2D eigenvalue weighted by atomic mass is 16.5. The lowest BCUT2D eigenvalue weighted by Gasteiger charge is -2.08. The highest BCUT2D eigenvalue weighted by molar-refractivity contribution is 5.95. The zero-order valence-electron chi connectivity index (χ0n) is 14.2. The van der Waals surface area contributed by atoms with E-state index in [4.69, 9.17) is 4.74 Å². The number of hydrogen-bond acceptors (Lipinski definition) is 3. The van der Waals surface area contributed by atoms with E-state index in [-0.39, 0.29) is 12.3 Å². The Morgan fingerprint density at radius 3 is 2.28 bits per heavy atom. The molecule has 25 heavy (non-hydrogen) atoms. The van der Waals surface area contributed by atoms with Gasteiger partial charge in [0, 0.05) is 0 Å². The summed E-state index contributed by atoms with van der Waals surface area (Å²) in [7, 11) is 0. The summed E-state index contributed by atoms with van der Waals surface area (Å²) in [5, 5.41) is 11.5. The summed E-state index contributed by atoms with van der Waals surface area (Å²) in [6.45, 7) is 4.23. The minimum absolute atomic E-state index is 0.0721. The van der Waals surface area contributed by atoms with Crippen LogP contribution in [0.5, 0.6) is 0 Å². The number of ether oxygens (including phenoxy) is 1. The molecule has 5 nitrogen and oxygen atoms in total. The van der Waals surface area contributed by atoms with Gasteiger partial charge < -0.3 is 9.84 Å². The molecule has 0 aliphatic carbocycles. The van der Waals surface area contributed by atoms with Gasteiger partial charge in [0.1, 0.15) is 12.3 Å². The third-order valence-corrected chi connectivity index (χ3v) is 3.59. The van der Waals surface area contributed by atoms with Gasteiger partial charge in [0.15, 0.2) is 0 Å². The maximum atomic E-state index is 11.8. The Labute approximate surface area is 146 Å². The Balaban J connectivity index is 2.02. The van der Waals surface area contributed by atoms with E-state index < -0.39 is 12.1 Å². The van der Waals surface area contributed by atoms with Crippen molar-refractivity contribution < 1.29 is 19.4 Å². The topological polar surface area (TPSA) is 75.6 Å². The van der Waals surface area contributed by atoms with Gasteiger partial charge in [0.2, 0.25) is 0 Å². The Kier molecular flexibility index (Phi) is 6.34. The maximum absolute atomic E-state index is 11.8. The fraction of sp³-hybridized carbons (Fsp3) is 0.200. The molecule has 0 atom stereocenters. The number of amides is 1. The first kappa shape index (κ1) is 18.3. The molecule has 0 aromatic heterocycles. The minimum atomic E-state index is -1.23. The van der Waals surface area contributed by atoms with Gasteiger partial charge in [-0.25, -0.2) is 9.59 Å². The fourth-order valence-electron chi connectivity index (χ4n) is 2.16. The van der Waals surface area contributed by atoms with E-state index in [2.05, 4.69) is 19.2 Å². The normalized spacial score (nSPS) is 11.2. The molecule has 2 aromatic carbocycles. The Hall–Kier alpha value is -3.08. The van der Waals surface area contributed by atoms with Gasteiger partial charge in [-0.3, -0.25) is 5.32 Å². The quantitative estimate of drug-likeness (QED) is 0.775. The molecule has 0 fully saturated rings. The van der Waals surface area contributed by atoms with Crippen LogP contribution in [0.15, 0.2) is 60.3 Å². The number of hydrogen-bond donors (Lipinski definition) is 2. The molecule has 130 valence electrons. The van der Waals surface area contributed by atoms with Crippen molar-refractivity contribution in [2.24, 2.45) is 0 Å². The van der Waals surface area contributed by atoms with E-state index in [1.54, 1.807) is 0 Å². The van der Waals surface area contributed by atoms with Crippen LogP contribution in [0.1, 0.15) is 36.5 Å². The summed E-state index contributed by atoms with van der Waals surface area (Å²) >= 11 is 0. The number of alkyl carbamates (subject to hydrolysis) is 1. The molecule has 0 saturated heterocycles. The number of carbonyl (C=O) groups excluding carboxylic acids is 1. The molecular weight excluding hydrogens is 318 g/mol. The summed E-state index contributed by atoms with van der Waals surface area (Å²) < 4.78 is 5.04. The molecule has 0 aliphatic rings. The largest absolute Gasteiger partial charge is 0.477 e. The standard InChI is InChI=1S/C20H21NO4/c1-14(2)17-10-8-15(9-11-17)12-18(19(22)23)21-20(24)25-13-16-6-4-3-5-7-16/h3-12,14H,13H2,1-2H3,(H,21,24)(H,22,23)/b18-12-. The van der Waals surface area contributed by atoms with Crippen LogP contribution in [0.25, 0.3) is 6.08 Å². The SMILES string of the molecule is CC(C)c1ccc(/C=C(\NC(=O)OCc2ccccc2)C(=O)O)cc1.